The fraction of sp³-hybridized carbons (Fsp3) is 0.368. The van der Waals surface area contributed by atoms with E-state index in [9.17, 15) is 0 Å². The Bertz CT molecular complexity index is 1660. The highest BCUT2D eigenvalue weighted by atomic mass is 35.5. The Hall–Kier alpha value is -3.46. The number of allylic oxidation sites excluding steroid dienone is 8. The van der Waals surface area contributed by atoms with Gasteiger partial charge in [0.2, 0.25) is 0 Å². The van der Waals surface area contributed by atoms with E-state index in [4.69, 9.17) is 21.8 Å². The molecule has 4 nitrogen and oxygen atoms in total. The van der Waals surface area contributed by atoms with Crippen molar-refractivity contribution >= 4 is 41.8 Å². The number of aromatic nitrogens is 2. The molecule has 1 aromatic heterocycles. The SMILES string of the molecule is C=c1c(Cc2ccc(CCCCCCCCCSC#N)c(Cl)c2)nc2n1C=C(C1=CCCC=C1)NC=2CC1=CC=CCC=C1. The maximum absolute atomic E-state index is 8.60. The number of hydrogen-bond acceptors (Lipinski definition) is 4. The molecule has 44 heavy (non-hydrogen) atoms. The van der Waals surface area contributed by atoms with E-state index in [1.807, 2.05) is 0 Å². The van der Waals surface area contributed by atoms with Gasteiger partial charge in [0, 0.05) is 29.8 Å². The lowest BCUT2D eigenvalue weighted by Crippen LogP contribution is -2.35. The molecule has 0 fully saturated rings. The van der Waals surface area contributed by atoms with Crippen molar-refractivity contribution in [2.24, 2.45) is 0 Å². The van der Waals surface area contributed by atoms with Crippen LogP contribution in [0.15, 0.2) is 83.7 Å². The van der Waals surface area contributed by atoms with Gasteiger partial charge >= 0.3 is 0 Å². The first-order chi connectivity index (χ1) is 21.6. The predicted octanol–water partition coefficient (Wildman–Crippen LogP) is 8.64. The maximum Gasteiger partial charge on any atom is 0.157 e. The summed E-state index contributed by atoms with van der Waals surface area (Å²) in [5.41, 5.74) is 8.95. The average Bonchev–Trinajstić information content (AvgIpc) is 3.18. The van der Waals surface area contributed by atoms with Gasteiger partial charge in [0.1, 0.15) is 5.40 Å². The van der Waals surface area contributed by atoms with Gasteiger partial charge in [-0.1, -0.05) is 111 Å². The van der Waals surface area contributed by atoms with Gasteiger partial charge in [-0.3, -0.25) is 4.57 Å². The molecule has 228 valence electrons. The van der Waals surface area contributed by atoms with E-state index >= 15 is 0 Å². The van der Waals surface area contributed by atoms with Crippen molar-refractivity contribution in [3.05, 3.63) is 116 Å². The molecule has 0 unspecified atom stereocenters. The molecule has 0 saturated heterocycles. The number of thioether (sulfide) groups is 1. The average molecular weight is 623 g/mol. The first-order valence-electron chi connectivity index (χ1n) is 16.1. The second-order valence-corrected chi connectivity index (χ2v) is 13.0. The van der Waals surface area contributed by atoms with E-state index < -0.39 is 0 Å². The van der Waals surface area contributed by atoms with Crippen LogP contribution >= 0.6 is 23.4 Å². The van der Waals surface area contributed by atoms with Crippen molar-refractivity contribution < 1.29 is 0 Å². The van der Waals surface area contributed by atoms with Crippen molar-refractivity contribution in [1.29, 1.82) is 5.26 Å². The van der Waals surface area contributed by atoms with Crippen LogP contribution in [0.1, 0.15) is 87.4 Å². The summed E-state index contributed by atoms with van der Waals surface area (Å²) in [6.07, 6.45) is 34.0. The van der Waals surface area contributed by atoms with Crippen molar-refractivity contribution in [2.45, 2.75) is 83.5 Å². The molecule has 2 aromatic rings. The highest BCUT2D eigenvalue weighted by molar-refractivity contribution is 8.03. The van der Waals surface area contributed by atoms with E-state index in [2.05, 4.69) is 94.9 Å². The van der Waals surface area contributed by atoms with Crippen LogP contribution in [0.2, 0.25) is 5.02 Å². The van der Waals surface area contributed by atoms with Gasteiger partial charge in [-0.05, 0) is 78.6 Å². The highest BCUT2D eigenvalue weighted by Crippen LogP contribution is 2.24. The standard InChI is InChI=1S/C38H43ClN4S/c1-29-35(26-31-21-22-32(34(39)24-31)18-12-5-3-2-4-8-15-23-44-28-40)42-38-36(25-30-16-10-6-7-11-17-30)41-37(27-43(29)38)33-19-13-9-14-20-33/h6,10-11,13,16-17,19-22,24,27,41H,1-5,7-9,12,14-15,18,23,25-26H2. The number of nitrogens with zero attached hydrogens (tertiary/aromatic N) is 3. The molecule has 0 spiro atoms. The molecule has 0 radical (unpaired) electrons. The van der Waals surface area contributed by atoms with Crippen LogP contribution in [0, 0.1) is 10.7 Å². The Morgan fingerprint density at radius 3 is 2.64 bits per heavy atom. The summed E-state index contributed by atoms with van der Waals surface area (Å²) in [6.45, 7) is 4.49. The number of thiocyanates is 1. The molecular weight excluding hydrogens is 580 g/mol. The molecule has 0 amide bonds. The number of hydrogen-bond donors (Lipinski definition) is 1. The first-order valence-corrected chi connectivity index (χ1v) is 17.4. The van der Waals surface area contributed by atoms with Gasteiger partial charge in [-0.25, -0.2) is 4.98 Å². The fourth-order valence-corrected chi connectivity index (χ4v) is 6.67. The zero-order chi connectivity index (χ0) is 30.6. The lowest BCUT2D eigenvalue weighted by atomic mass is 10.0. The largest absolute Gasteiger partial charge is 0.354 e. The van der Waals surface area contributed by atoms with Crippen LogP contribution in [0.3, 0.4) is 0 Å². The molecule has 2 aliphatic carbocycles. The third kappa shape index (κ3) is 8.80. The molecule has 0 saturated carbocycles. The zero-order valence-electron chi connectivity index (χ0n) is 25.7. The van der Waals surface area contributed by atoms with Crippen molar-refractivity contribution in [1.82, 2.24) is 14.9 Å². The molecule has 3 aliphatic rings. The number of imidazole rings is 1. The van der Waals surface area contributed by atoms with E-state index in [0.29, 0.717) is 6.42 Å². The molecular formula is C38H43ClN4S. The number of halogens is 1. The topological polar surface area (TPSA) is 53.6 Å². The van der Waals surface area contributed by atoms with E-state index in [1.165, 1.54) is 60.6 Å². The molecule has 2 heterocycles. The van der Waals surface area contributed by atoms with E-state index in [1.54, 1.807) is 0 Å². The summed E-state index contributed by atoms with van der Waals surface area (Å²) < 4.78 is 2.16. The minimum atomic E-state index is 0.691. The highest BCUT2D eigenvalue weighted by Gasteiger charge is 2.19. The number of benzene rings is 1. The Morgan fingerprint density at radius 1 is 1.00 bits per heavy atom. The minimum Gasteiger partial charge on any atom is -0.354 e. The number of fused-ring (bicyclic) bond motifs is 1. The number of nitriles is 1. The van der Waals surface area contributed by atoms with Crippen LogP contribution < -0.4 is 16.1 Å². The van der Waals surface area contributed by atoms with Crippen LogP contribution in [-0.2, 0) is 12.8 Å². The molecule has 1 aromatic carbocycles. The third-order valence-corrected chi connectivity index (χ3v) is 9.36. The molecule has 6 heteroatoms. The number of rotatable bonds is 15. The number of unbranched alkanes of at least 4 members (excludes halogenated alkanes) is 6. The quantitative estimate of drug-likeness (QED) is 0.160. The fourth-order valence-electron chi connectivity index (χ4n) is 5.93. The minimum absolute atomic E-state index is 0.691. The number of aryl methyl sites for hydroxylation is 1. The van der Waals surface area contributed by atoms with Gasteiger partial charge in [0.15, 0.2) is 5.48 Å². The van der Waals surface area contributed by atoms with Gasteiger partial charge in [-0.15, -0.1) is 0 Å². The van der Waals surface area contributed by atoms with Crippen LogP contribution in [0.5, 0.6) is 0 Å². The van der Waals surface area contributed by atoms with Crippen LogP contribution in [0.4, 0.5) is 0 Å². The third-order valence-electron chi connectivity index (χ3n) is 8.39. The normalized spacial score (nSPS) is 15.6. The smallest absolute Gasteiger partial charge is 0.157 e. The summed E-state index contributed by atoms with van der Waals surface area (Å²) >= 11 is 8.16. The molecule has 1 N–H and O–H groups in total. The lowest BCUT2D eigenvalue weighted by molar-refractivity contribution is 0.591. The molecule has 0 bridgehead atoms. The molecule has 0 atom stereocenters. The van der Waals surface area contributed by atoms with Gasteiger partial charge in [0.25, 0.3) is 0 Å². The Morgan fingerprint density at radius 2 is 1.84 bits per heavy atom. The van der Waals surface area contributed by atoms with Crippen LogP contribution in [0.25, 0.3) is 18.5 Å². The lowest BCUT2D eigenvalue weighted by Gasteiger charge is -2.21. The predicted molar refractivity (Wildman–Crippen MR) is 188 cm³/mol. The summed E-state index contributed by atoms with van der Waals surface area (Å²) in [7, 11) is 0. The summed E-state index contributed by atoms with van der Waals surface area (Å²) in [5, 5.41) is 16.2. The van der Waals surface area contributed by atoms with E-state index in [-0.39, 0.29) is 0 Å². The molecule has 1 aliphatic heterocycles. The molecule has 5 rings (SSSR count). The Kier molecular flexibility index (Phi) is 12.0. The zero-order valence-corrected chi connectivity index (χ0v) is 27.2. The number of nitrogens with one attached hydrogen (secondary N) is 1. The van der Waals surface area contributed by atoms with Crippen LogP contribution in [-0.4, -0.2) is 15.3 Å². The van der Waals surface area contributed by atoms with Gasteiger partial charge < -0.3 is 5.32 Å². The second-order valence-electron chi connectivity index (χ2n) is 11.7. The van der Waals surface area contributed by atoms with Gasteiger partial charge in [-0.2, -0.15) is 5.26 Å². The van der Waals surface area contributed by atoms with E-state index in [0.717, 1.165) is 89.2 Å². The summed E-state index contributed by atoms with van der Waals surface area (Å²) in [4.78, 5) is 5.14. The van der Waals surface area contributed by atoms with Crippen molar-refractivity contribution in [3.8, 4) is 5.40 Å². The summed E-state index contributed by atoms with van der Waals surface area (Å²) in [6, 6.07) is 6.51. The first kappa shape index (κ1) is 31.9. The second kappa shape index (κ2) is 16.6. The van der Waals surface area contributed by atoms with Gasteiger partial charge in [0.05, 0.1) is 22.4 Å². The Balaban J connectivity index is 1.26. The maximum atomic E-state index is 8.60. The monoisotopic (exact) mass is 622 g/mol. The van der Waals surface area contributed by atoms with Crippen molar-refractivity contribution in [3.63, 3.8) is 0 Å². The Labute approximate surface area is 272 Å². The van der Waals surface area contributed by atoms with Crippen molar-refractivity contribution in [2.75, 3.05) is 5.75 Å². The summed E-state index contributed by atoms with van der Waals surface area (Å²) in [5.74, 6) is 0.962.